The monoisotopic (exact) mass is 460 g/mol. The fraction of sp³-hybridized carbons (Fsp3) is 0.583. The number of rotatable bonds is 2. The Morgan fingerprint density at radius 1 is 1.16 bits per heavy atom. The number of amides is 3. The van der Waals surface area contributed by atoms with Crippen molar-refractivity contribution in [3.63, 3.8) is 0 Å². The van der Waals surface area contributed by atoms with Gasteiger partial charge in [-0.25, -0.2) is 4.79 Å². The number of fused-ring (bicyclic) bond motifs is 3. The molecular formula is C24H33ClN4O3. The first-order valence-corrected chi connectivity index (χ1v) is 12.1. The van der Waals surface area contributed by atoms with E-state index in [0.717, 1.165) is 68.9 Å². The number of nitrogens with one attached hydrogen (secondary N) is 2. The predicted molar refractivity (Wildman–Crippen MR) is 128 cm³/mol. The molecular weight excluding hydrogens is 428 g/mol. The summed E-state index contributed by atoms with van der Waals surface area (Å²) in [4.78, 5) is 29.7. The highest BCUT2D eigenvalue weighted by Gasteiger charge is 2.28. The summed E-state index contributed by atoms with van der Waals surface area (Å²) in [5.41, 5.74) is 2.09. The minimum atomic E-state index is -0.265. The molecule has 0 radical (unpaired) electrons. The topological polar surface area (TPSA) is 77.8 Å². The van der Waals surface area contributed by atoms with E-state index in [1.54, 1.807) is 12.1 Å². The van der Waals surface area contributed by atoms with Crippen LogP contribution < -0.4 is 10.6 Å². The summed E-state index contributed by atoms with van der Waals surface area (Å²) < 4.78 is 6.16. The van der Waals surface area contributed by atoms with Crippen LogP contribution in [0.3, 0.4) is 0 Å². The summed E-state index contributed by atoms with van der Waals surface area (Å²) in [6.07, 6.45) is 8.10. The first-order valence-electron chi connectivity index (χ1n) is 11.7. The van der Waals surface area contributed by atoms with E-state index in [0.29, 0.717) is 41.2 Å². The number of hydrogen-bond donors (Lipinski definition) is 2. The number of aryl methyl sites for hydroxylation is 1. The zero-order valence-electron chi connectivity index (χ0n) is 19.0. The van der Waals surface area contributed by atoms with Crippen LogP contribution in [0.1, 0.15) is 61.1 Å². The zero-order chi connectivity index (χ0) is 22.7. The molecule has 2 aliphatic heterocycles. The molecule has 2 N–H and O–H groups in total. The molecule has 32 heavy (non-hydrogen) atoms. The highest BCUT2D eigenvalue weighted by molar-refractivity contribution is 6.35. The van der Waals surface area contributed by atoms with Crippen LogP contribution in [0.5, 0.6) is 0 Å². The lowest BCUT2D eigenvalue weighted by Gasteiger charge is -2.35. The molecule has 2 aromatic rings. The number of hydrogen-bond acceptors (Lipinski definition) is 4. The Labute approximate surface area is 194 Å². The first-order chi connectivity index (χ1) is 15.4. The SMILES string of the molecule is CN(C)C1CCCN(C(=O)c2cc3cc(Cl)c4c(c3o2)CCCCCCCNC(=O)N4)C1. The molecule has 1 aromatic carbocycles. The molecule has 1 unspecified atom stereocenters. The second-order valence-electron chi connectivity index (χ2n) is 9.15. The molecule has 7 nitrogen and oxygen atoms in total. The number of anilines is 1. The second kappa shape index (κ2) is 10.1. The minimum absolute atomic E-state index is 0.0866. The van der Waals surface area contributed by atoms with Crippen molar-refractivity contribution in [3.8, 4) is 0 Å². The van der Waals surface area contributed by atoms with Crippen molar-refractivity contribution in [2.45, 2.75) is 57.4 Å². The average molecular weight is 461 g/mol. The largest absolute Gasteiger partial charge is 0.451 e. The Hall–Kier alpha value is -2.25. The van der Waals surface area contributed by atoms with Gasteiger partial charge in [0.15, 0.2) is 5.76 Å². The maximum atomic E-state index is 13.3. The summed E-state index contributed by atoms with van der Waals surface area (Å²) in [5, 5.41) is 7.07. The summed E-state index contributed by atoms with van der Waals surface area (Å²) in [5.74, 6) is 0.246. The van der Waals surface area contributed by atoms with Crippen LogP contribution in [0.4, 0.5) is 10.5 Å². The highest BCUT2D eigenvalue weighted by Crippen LogP contribution is 2.37. The van der Waals surface area contributed by atoms with Gasteiger partial charge in [-0.2, -0.15) is 0 Å². The van der Waals surface area contributed by atoms with Crippen molar-refractivity contribution >= 4 is 40.2 Å². The number of halogens is 1. The van der Waals surface area contributed by atoms with Crippen LogP contribution in [0.15, 0.2) is 16.5 Å². The Balaban J connectivity index is 1.66. The second-order valence-corrected chi connectivity index (χ2v) is 9.56. The molecule has 1 fully saturated rings. The number of carbonyl (C=O) groups excluding carboxylic acids is 2. The van der Waals surface area contributed by atoms with E-state index >= 15 is 0 Å². The molecule has 0 saturated carbocycles. The van der Waals surface area contributed by atoms with Crippen LogP contribution >= 0.6 is 11.6 Å². The molecule has 8 heteroatoms. The van der Waals surface area contributed by atoms with E-state index < -0.39 is 0 Å². The maximum absolute atomic E-state index is 13.3. The summed E-state index contributed by atoms with van der Waals surface area (Å²) in [6.45, 7) is 2.08. The van der Waals surface area contributed by atoms with Crippen LogP contribution in [0.2, 0.25) is 5.02 Å². The van der Waals surface area contributed by atoms with Crippen LogP contribution in [0, 0.1) is 0 Å². The number of benzene rings is 1. The smallest absolute Gasteiger partial charge is 0.319 e. The maximum Gasteiger partial charge on any atom is 0.319 e. The summed E-state index contributed by atoms with van der Waals surface area (Å²) in [6, 6.07) is 3.66. The number of carbonyl (C=O) groups is 2. The average Bonchev–Trinajstić information content (AvgIpc) is 3.19. The number of urea groups is 1. The third kappa shape index (κ3) is 5.04. The molecule has 0 spiro atoms. The molecule has 0 bridgehead atoms. The Morgan fingerprint density at radius 2 is 1.94 bits per heavy atom. The predicted octanol–water partition coefficient (Wildman–Crippen LogP) is 4.88. The molecule has 1 saturated heterocycles. The van der Waals surface area contributed by atoms with Gasteiger partial charge >= 0.3 is 6.03 Å². The van der Waals surface area contributed by atoms with Gasteiger partial charge in [0, 0.05) is 36.6 Å². The van der Waals surface area contributed by atoms with Crippen molar-refractivity contribution in [1.29, 1.82) is 0 Å². The van der Waals surface area contributed by atoms with Gasteiger partial charge in [-0.15, -0.1) is 0 Å². The highest BCUT2D eigenvalue weighted by atomic mass is 35.5. The molecule has 4 rings (SSSR count). The number of likely N-dealkylation sites (N-methyl/N-ethyl adjacent to an activating group) is 1. The Morgan fingerprint density at radius 3 is 2.75 bits per heavy atom. The molecule has 174 valence electrons. The fourth-order valence-electron chi connectivity index (χ4n) is 4.73. The van der Waals surface area contributed by atoms with E-state index in [9.17, 15) is 9.59 Å². The van der Waals surface area contributed by atoms with Crippen LogP contribution in [-0.4, -0.2) is 61.5 Å². The zero-order valence-corrected chi connectivity index (χ0v) is 19.8. The van der Waals surface area contributed by atoms with Crippen molar-refractivity contribution in [1.82, 2.24) is 15.1 Å². The van der Waals surface area contributed by atoms with E-state index in [1.165, 1.54) is 0 Å². The van der Waals surface area contributed by atoms with E-state index in [4.69, 9.17) is 16.0 Å². The number of piperidine rings is 1. The molecule has 3 amide bonds. The van der Waals surface area contributed by atoms with Gasteiger partial charge in [0.05, 0.1) is 10.7 Å². The lowest BCUT2D eigenvalue weighted by Crippen LogP contribution is -2.47. The summed E-state index contributed by atoms with van der Waals surface area (Å²) in [7, 11) is 4.11. The van der Waals surface area contributed by atoms with Crippen LogP contribution in [0.25, 0.3) is 11.0 Å². The van der Waals surface area contributed by atoms with Crippen molar-refractivity contribution < 1.29 is 14.0 Å². The van der Waals surface area contributed by atoms with Crippen LogP contribution in [-0.2, 0) is 6.42 Å². The van der Waals surface area contributed by atoms with E-state index in [2.05, 4.69) is 29.6 Å². The van der Waals surface area contributed by atoms with Gasteiger partial charge in [-0.05, 0) is 58.3 Å². The van der Waals surface area contributed by atoms with Crippen molar-refractivity contribution in [2.24, 2.45) is 0 Å². The number of likely N-dealkylation sites (tertiary alicyclic amines) is 1. The van der Waals surface area contributed by atoms with Gasteiger partial charge in [-0.3, -0.25) is 4.79 Å². The molecule has 1 atom stereocenters. The fourth-order valence-corrected chi connectivity index (χ4v) is 5.01. The van der Waals surface area contributed by atoms with Gasteiger partial charge in [-0.1, -0.05) is 30.9 Å². The number of nitrogens with zero attached hydrogens (tertiary/aromatic N) is 2. The lowest BCUT2D eigenvalue weighted by atomic mass is 10.0. The first kappa shape index (κ1) is 22.9. The van der Waals surface area contributed by atoms with Gasteiger partial charge in [0.1, 0.15) is 5.58 Å². The van der Waals surface area contributed by atoms with E-state index in [1.807, 2.05) is 4.90 Å². The van der Waals surface area contributed by atoms with Gasteiger partial charge < -0.3 is 24.9 Å². The standard InChI is InChI=1S/C24H33ClN4O3/c1-28(2)17-9-8-12-29(15-17)23(30)20-14-16-13-19(25)21-18(22(16)32-20)10-6-4-3-5-7-11-26-24(31)27-21/h13-14,17H,3-12,15H2,1-2H3,(H2,26,27,31). The molecule has 1 aromatic heterocycles. The third-order valence-corrected chi connectivity index (χ3v) is 6.91. The third-order valence-electron chi connectivity index (χ3n) is 6.61. The molecule has 2 aliphatic rings. The van der Waals surface area contributed by atoms with Gasteiger partial charge in [0.25, 0.3) is 5.91 Å². The Kier molecular flexibility index (Phi) is 7.26. The Bertz CT molecular complexity index is 987. The molecule has 0 aliphatic carbocycles. The van der Waals surface area contributed by atoms with Gasteiger partial charge in [0.2, 0.25) is 0 Å². The lowest BCUT2D eigenvalue weighted by molar-refractivity contribution is 0.0606. The number of furan rings is 1. The minimum Gasteiger partial charge on any atom is -0.451 e. The molecule has 3 heterocycles. The summed E-state index contributed by atoms with van der Waals surface area (Å²) >= 11 is 6.59. The quantitative estimate of drug-likeness (QED) is 0.669. The normalized spacial score (nSPS) is 20.8. The van der Waals surface area contributed by atoms with E-state index in [-0.39, 0.29) is 11.9 Å². The van der Waals surface area contributed by atoms with Crippen molar-refractivity contribution in [2.75, 3.05) is 39.0 Å². The van der Waals surface area contributed by atoms with Crippen molar-refractivity contribution in [3.05, 3.63) is 28.5 Å².